The third kappa shape index (κ3) is 4.35. The summed E-state index contributed by atoms with van der Waals surface area (Å²) < 4.78 is 17.0. The van der Waals surface area contributed by atoms with Crippen LogP contribution in [-0.4, -0.2) is 37.0 Å². The molecule has 3 heterocycles. The Morgan fingerprint density at radius 1 is 1.23 bits per heavy atom. The topological polar surface area (TPSA) is 88.4 Å². The minimum Gasteiger partial charge on any atom is -0.497 e. The standard InChI is InChI=1S/C23H28N4O3/c1-23(2)11-18-19(12-24)22(26-15-6-8-16(28-3)9-7-15)27-21(20(18)14-30-23)25-13-17-5-4-10-29-17/h6-9,17H,4-5,10-11,13-14H2,1-3H3,(H2,25,26,27)/t17-/m0/s1. The number of nitrogens with one attached hydrogen (secondary N) is 2. The van der Waals surface area contributed by atoms with Crippen LogP contribution in [0.2, 0.25) is 0 Å². The molecular formula is C23H28N4O3. The average Bonchev–Trinajstić information content (AvgIpc) is 3.25. The van der Waals surface area contributed by atoms with Crippen molar-refractivity contribution in [1.29, 1.82) is 5.26 Å². The van der Waals surface area contributed by atoms with Gasteiger partial charge in [0, 0.05) is 30.8 Å². The van der Waals surface area contributed by atoms with Crippen LogP contribution in [0.25, 0.3) is 0 Å². The highest BCUT2D eigenvalue weighted by atomic mass is 16.5. The molecule has 0 bridgehead atoms. The van der Waals surface area contributed by atoms with Gasteiger partial charge in [0.15, 0.2) is 5.82 Å². The van der Waals surface area contributed by atoms with E-state index in [-0.39, 0.29) is 11.7 Å². The van der Waals surface area contributed by atoms with Gasteiger partial charge in [0.25, 0.3) is 0 Å². The Bertz CT molecular complexity index is 944. The molecule has 30 heavy (non-hydrogen) atoms. The summed E-state index contributed by atoms with van der Waals surface area (Å²) >= 11 is 0. The van der Waals surface area contributed by atoms with Crippen LogP contribution in [0.3, 0.4) is 0 Å². The molecule has 1 atom stereocenters. The smallest absolute Gasteiger partial charge is 0.151 e. The molecule has 1 saturated heterocycles. The third-order valence-electron chi connectivity index (χ3n) is 5.61. The Balaban J connectivity index is 1.69. The van der Waals surface area contributed by atoms with Crippen LogP contribution in [-0.2, 0) is 22.5 Å². The van der Waals surface area contributed by atoms with Gasteiger partial charge in [0.1, 0.15) is 17.6 Å². The number of fused-ring (bicyclic) bond motifs is 1. The molecule has 1 aromatic heterocycles. The number of methoxy groups -OCH3 is 1. The minimum absolute atomic E-state index is 0.192. The van der Waals surface area contributed by atoms with Crippen molar-refractivity contribution < 1.29 is 14.2 Å². The van der Waals surface area contributed by atoms with Crippen molar-refractivity contribution in [2.24, 2.45) is 0 Å². The number of nitriles is 1. The minimum atomic E-state index is -0.330. The fourth-order valence-electron chi connectivity index (χ4n) is 3.95. The number of ether oxygens (including phenoxy) is 3. The number of nitrogens with zero attached hydrogens (tertiary/aromatic N) is 2. The zero-order chi connectivity index (χ0) is 21.1. The molecule has 2 aromatic rings. The molecule has 4 rings (SSSR count). The summed E-state index contributed by atoms with van der Waals surface area (Å²) in [5.41, 5.74) is 3.04. The summed E-state index contributed by atoms with van der Waals surface area (Å²) in [6.07, 6.45) is 2.98. The van der Waals surface area contributed by atoms with E-state index in [2.05, 4.69) is 16.7 Å². The third-order valence-corrected chi connectivity index (χ3v) is 5.61. The van der Waals surface area contributed by atoms with Crippen LogP contribution < -0.4 is 15.4 Å². The Morgan fingerprint density at radius 2 is 2.03 bits per heavy atom. The molecule has 2 aliphatic heterocycles. The average molecular weight is 409 g/mol. The summed E-state index contributed by atoms with van der Waals surface area (Å²) in [6.45, 7) is 6.03. The van der Waals surface area contributed by atoms with Crippen LogP contribution >= 0.6 is 0 Å². The number of benzene rings is 1. The Kier molecular flexibility index (Phi) is 5.80. The number of hydrogen-bond donors (Lipinski definition) is 2. The molecule has 158 valence electrons. The lowest BCUT2D eigenvalue weighted by Crippen LogP contribution is -2.33. The van der Waals surface area contributed by atoms with Crippen LogP contribution in [0.1, 0.15) is 43.4 Å². The van der Waals surface area contributed by atoms with Gasteiger partial charge in [-0.25, -0.2) is 4.98 Å². The van der Waals surface area contributed by atoms with E-state index in [1.54, 1.807) is 7.11 Å². The SMILES string of the molecule is COc1ccc(Nc2nc(NC[C@@H]3CCCO3)c3c(c2C#N)CC(C)(C)OC3)cc1. The van der Waals surface area contributed by atoms with Crippen LogP contribution in [0.15, 0.2) is 24.3 Å². The number of pyridine rings is 1. The Morgan fingerprint density at radius 3 is 2.70 bits per heavy atom. The predicted molar refractivity (Wildman–Crippen MR) is 115 cm³/mol. The van der Waals surface area contributed by atoms with E-state index in [4.69, 9.17) is 19.2 Å². The quantitative estimate of drug-likeness (QED) is 0.742. The van der Waals surface area contributed by atoms with Gasteiger partial charge >= 0.3 is 0 Å². The van der Waals surface area contributed by atoms with Crippen LogP contribution in [0, 0.1) is 11.3 Å². The zero-order valence-electron chi connectivity index (χ0n) is 17.7. The molecule has 0 spiro atoms. The van der Waals surface area contributed by atoms with E-state index >= 15 is 0 Å². The highest BCUT2D eigenvalue weighted by Crippen LogP contribution is 2.37. The summed E-state index contributed by atoms with van der Waals surface area (Å²) in [7, 11) is 1.64. The van der Waals surface area contributed by atoms with E-state index in [9.17, 15) is 5.26 Å². The van der Waals surface area contributed by atoms with Gasteiger partial charge in [-0.3, -0.25) is 0 Å². The maximum Gasteiger partial charge on any atom is 0.151 e. The van der Waals surface area contributed by atoms with Crippen molar-refractivity contribution in [3.63, 3.8) is 0 Å². The summed E-state index contributed by atoms with van der Waals surface area (Å²) in [6, 6.07) is 9.94. The normalized spacial score (nSPS) is 19.6. The number of aromatic nitrogens is 1. The largest absolute Gasteiger partial charge is 0.497 e. The van der Waals surface area contributed by atoms with Gasteiger partial charge in [0.05, 0.1) is 31.0 Å². The van der Waals surface area contributed by atoms with E-state index in [0.717, 1.165) is 47.8 Å². The molecule has 0 aliphatic carbocycles. The first-order valence-corrected chi connectivity index (χ1v) is 10.4. The number of rotatable bonds is 6. The van der Waals surface area contributed by atoms with Crippen molar-refractivity contribution in [3.8, 4) is 11.8 Å². The summed E-state index contributed by atoms with van der Waals surface area (Å²) in [5, 5.41) is 16.7. The second kappa shape index (κ2) is 8.50. The van der Waals surface area contributed by atoms with Crippen molar-refractivity contribution in [1.82, 2.24) is 4.98 Å². The molecule has 2 N–H and O–H groups in total. The van der Waals surface area contributed by atoms with Crippen LogP contribution in [0.4, 0.5) is 17.3 Å². The molecule has 0 saturated carbocycles. The monoisotopic (exact) mass is 408 g/mol. The van der Waals surface area contributed by atoms with Gasteiger partial charge in [-0.1, -0.05) is 0 Å². The van der Waals surface area contributed by atoms with Gasteiger partial charge in [0.2, 0.25) is 0 Å². The fourth-order valence-corrected chi connectivity index (χ4v) is 3.95. The van der Waals surface area contributed by atoms with E-state index in [1.165, 1.54) is 0 Å². The first kappa shape index (κ1) is 20.5. The maximum atomic E-state index is 9.97. The predicted octanol–water partition coefficient (Wildman–Crippen LogP) is 4.15. The number of anilines is 3. The zero-order valence-corrected chi connectivity index (χ0v) is 17.7. The molecule has 0 unspecified atom stereocenters. The lowest BCUT2D eigenvalue weighted by molar-refractivity contribution is -0.0399. The molecule has 1 fully saturated rings. The van der Waals surface area contributed by atoms with Crippen LogP contribution in [0.5, 0.6) is 5.75 Å². The molecule has 0 radical (unpaired) electrons. The lowest BCUT2D eigenvalue weighted by Gasteiger charge is -2.34. The molecule has 2 aliphatic rings. The van der Waals surface area contributed by atoms with Crippen molar-refractivity contribution >= 4 is 17.3 Å². The van der Waals surface area contributed by atoms with E-state index in [0.29, 0.717) is 31.0 Å². The summed E-state index contributed by atoms with van der Waals surface area (Å²) in [4.78, 5) is 4.79. The first-order chi connectivity index (χ1) is 14.5. The van der Waals surface area contributed by atoms with E-state index in [1.807, 2.05) is 38.1 Å². The van der Waals surface area contributed by atoms with Gasteiger partial charge < -0.3 is 24.8 Å². The number of hydrogen-bond acceptors (Lipinski definition) is 7. The highest BCUT2D eigenvalue weighted by molar-refractivity contribution is 5.70. The second-order valence-electron chi connectivity index (χ2n) is 8.35. The summed E-state index contributed by atoms with van der Waals surface area (Å²) in [5.74, 6) is 2.08. The molecule has 7 heteroatoms. The van der Waals surface area contributed by atoms with Gasteiger partial charge in [-0.2, -0.15) is 5.26 Å². The van der Waals surface area contributed by atoms with Crippen molar-refractivity contribution in [3.05, 3.63) is 41.0 Å². The Labute approximate surface area is 177 Å². The van der Waals surface area contributed by atoms with Crippen molar-refractivity contribution in [2.75, 3.05) is 30.9 Å². The molecular weight excluding hydrogens is 380 g/mol. The van der Waals surface area contributed by atoms with Crippen molar-refractivity contribution in [2.45, 2.75) is 51.4 Å². The first-order valence-electron chi connectivity index (χ1n) is 10.4. The second-order valence-corrected chi connectivity index (χ2v) is 8.35. The maximum absolute atomic E-state index is 9.97. The lowest BCUT2D eigenvalue weighted by atomic mass is 9.89. The Hall–Kier alpha value is -2.82. The molecule has 7 nitrogen and oxygen atoms in total. The fraction of sp³-hybridized carbons (Fsp3) is 0.478. The van der Waals surface area contributed by atoms with E-state index < -0.39 is 0 Å². The highest BCUT2D eigenvalue weighted by Gasteiger charge is 2.32. The van der Waals surface area contributed by atoms with Gasteiger partial charge in [-0.05, 0) is 56.5 Å². The van der Waals surface area contributed by atoms with Gasteiger partial charge in [-0.15, -0.1) is 0 Å². The molecule has 0 amide bonds. The molecule has 1 aromatic carbocycles.